The van der Waals surface area contributed by atoms with E-state index in [1.165, 1.54) is 11.1 Å². The van der Waals surface area contributed by atoms with E-state index in [-0.39, 0.29) is 0 Å². The van der Waals surface area contributed by atoms with Crippen LogP contribution in [0.1, 0.15) is 63.5 Å². The van der Waals surface area contributed by atoms with E-state index in [1.807, 2.05) is 24.3 Å². The fourth-order valence-electron chi connectivity index (χ4n) is 4.85. The summed E-state index contributed by atoms with van der Waals surface area (Å²) in [5.74, 6) is 2.98. The van der Waals surface area contributed by atoms with Gasteiger partial charge in [-0.2, -0.15) is 0 Å². The van der Waals surface area contributed by atoms with Crippen molar-refractivity contribution >= 4 is 0 Å². The highest BCUT2D eigenvalue weighted by molar-refractivity contribution is 5.31. The topological polar surface area (TPSA) is 46.9 Å². The van der Waals surface area contributed by atoms with Crippen molar-refractivity contribution in [1.29, 1.82) is 0 Å². The van der Waals surface area contributed by atoms with E-state index in [2.05, 4.69) is 77.8 Å². The molecular formula is C28H46N2O2. The van der Waals surface area contributed by atoms with E-state index < -0.39 is 0 Å². The maximum absolute atomic E-state index is 9.51. The molecular weight excluding hydrogens is 396 g/mol. The standard InChI is InChI=1S/2C14H23NO/c2*1-5-14(11(2)10-15(3)4)12-7-6-8-13(16)9-12/h2*6-9,11,14,16H,5,10H2,1-4H3/t2*11-,14+/m00/s1. The Bertz CT molecular complexity index is 710. The Balaban J connectivity index is 0.000000320. The molecule has 180 valence electrons. The highest BCUT2D eigenvalue weighted by Crippen LogP contribution is 2.31. The molecule has 4 atom stereocenters. The van der Waals surface area contributed by atoms with E-state index in [4.69, 9.17) is 0 Å². The molecule has 0 unspecified atom stereocenters. The van der Waals surface area contributed by atoms with Gasteiger partial charge in [-0.3, -0.25) is 0 Å². The van der Waals surface area contributed by atoms with Crippen molar-refractivity contribution in [3.63, 3.8) is 0 Å². The Hall–Kier alpha value is -2.04. The third-order valence-electron chi connectivity index (χ3n) is 6.16. The van der Waals surface area contributed by atoms with Crippen LogP contribution in [-0.2, 0) is 0 Å². The molecule has 2 rings (SSSR count). The van der Waals surface area contributed by atoms with Gasteiger partial charge in [0.2, 0.25) is 0 Å². The minimum absolute atomic E-state index is 0.369. The molecule has 0 saturated heterocycles. The fraction of sp³-hybridized carbons (Fsp3) is 0.571. The van der Waals surface area contributed by atoms with Crippen LogP contribution in [0.4, 0.5) is 0 Å². The van der Waals surface area contributed by atoms with Crippen molar-refractivity contribution in [3.05, 3.63) is 59.7 Å². The second kappa shape index (κ2) is 14.2. The fourth-order valence-corrected chi connectivity index (χ4v) is 4.85. The highest BCUT2D eigenvalue weighted by atomic mass is 16.3. The molecule has 0 radical (unpaired) electrons. The first-order valence-electron chi connectivity index (χ1n) is 12.0. The van der Waals surface area contributed by atoms with Gasteiger partial charge in [0.15, 0.2) is 0 Å². The van der Waals surface area contributed by atoms with Crippen molar-refractivity contribution in [2.24, 2.45) is 11.8 Å². The Morgan fingerprint density at radius 2 is 1.00 bits per heavy atom. The van der Waals surface area contributed by atoms with Gasteiger partial charge in [-0.05, 0) is 100 Å². The number of aromatic hydroxyl groups is 2. The Kier molecular flexibility index (Phi) is 12.4. The second-order valence-corrected chi connectivity index (χ2v) is 9.70. The molecule has 0 spiro atoms. The Morgan fingerprint density at radius 3 is 1.25 bits per heavy atom. The summed E-state index contributed by atoms with van der Waals surface area (Å²) in [6.45, 7) is 11.1. The molecule has 0 saturated carbocycles. The summed E-state index contributed by atoms with van der Waals surface area (Å²) < 4.78 is 0. The predicted octanol–water partition coefficient (Wildman–Crippen LogP) is 6.17. The van der Waals surface area contributed by atoms with Crippen LogP contribution in [0.25, 0.3) is 0 Å². The lowest BCUT2D eigenvalue weighted by atomic mass is 9.85. The van der Waals surface area contributed by atoms with Crippen molar-refractivity contribution in [1.82, 2.24) is 9.80 Å². The van der Waals surface area contributed by atoms with Gasteiger partial charge in [0, 0.05) is 13.1 Å². The molecule has 4 nitrogen and oxygen atoms in total. The third-order valence-corrected chi connectivity index (χ3v) is 6.16. The van der Waals surface area contributed by atoms with E-state index in [0.29, 0.717) is 35.2 Å². The lowest BCUT2D eigenvalue weighted by Crippen LogP contribution is -2.24. The monoisotopic (exact) mass is 442 g/mol. The van der Waals surface area contributed by atoms with Crippen LogP contribution in [-0.4, -0.2) is 61.3 Å². The molecule has 2 N–H and O–H groups in total. The number of phenols is 2. The van der Waals surface area contributed by atoms with Crippen LogP contribution in [0.5, 0.6) is 11.5 Å². The van der Waals surface area contributed by atoms with Crippen molar-refractivity contribution < 1.29 is 10.2 Å². The molecule has 0 aliphatic carbocycles. The molecule has 0 aliphatic heterocycles. The van der Waals surface area contributed by atoms with Crippen LogP contribution in [0, 0.1) is 11.8 Å². The van der Waals surface area contributed by atoms with Crippen LogP contribution < -0.4 is 0 Å². The normalized spacial score (nSPS) is 15.1. The molecule has 0 amide bonds. The second-order valence-electron chi connectivity index (χ2n) is 9.70. The van der Waals surface area contributed by atoms with Gasteiger partial charge in [-0.25, -0.2) is 0 Å². The van der Waals surface area contributed by atoms with Gasteiger partial charge < -0.3 is 20.0 Å². The quantitative estimate of drug-likeness (QED) is 0.462. The van der Waals surface area contributed by atoms with Crippen molar-refractivity contribution in [3.8, 4) is 11.5 Å². The average Bonchev–Trinajstić information content (AvgIpc) is 2.68. The Morgan fingerprint density at radius 1 is 0.656 bits per heavy atom. The summed E-state index contributed by atoms with van der Waals surface area (Å²) in [5, 5.41) is 19.0. The molecule has 0 aliphatic rings. The zero-order chi connectivity index (χ0) is 24.3. The largest absolute Gasteiger partial charge is 0.508 e. The van der Waals surface area contributed by atoms with Crippen LogP contribution in [0.3, 0.4) is 0 Å². The van der Waals surface area contributed by atoms with Gasteiger partial charge in [-0.15, -0.1) is 0 Å². The molecule has 2 aromatic rings. The smallest absolute Gasteiger partial charge is 0.115 e. The van der Waals surface area contributed by atoms with Crippen LogP contribution in [0.2, 0.25) is 0 Å². The molecule has 32 heavy (non-hydrogen) atoms. The van der Waals surface area contributed by atoms with Gasteiger partial charge >= 0.3 is 0 Å². The molecule has 0 heterocycles. The van der Waals surface area contributed by atoms with Gasteiger partial charge in [-0.1, -0.05) is 52.0 Å². The summed E-state index contributed by atoms with van der Waals surface area (Å²) >= 11 is 0. The SMILES string of the molecule is CC[C@@H](c1cccc(O)c1)[C@@H](C)CN(C)C.CC[C@@H](c1cccc(O)c1)[C@@H](C)CN(C)C. The summed E-state index contributed by atoms with van der Waals surface area (Å²) in [7, 11) is 8.41. The van der Waals surface area contributed by atoms with Gasteiger partial charge in [0.05, 0.1) is 0 Å². The van der Waals surface area contributed by atoms with Crippen LogP contribution >= 0.6 is 0 Å². The van der Waals surface area contributed by atoms with Gasteiger partial charge in [0.1, 0.15) is 11.5 Å². The summed E-state index contributed by atoms with van der Waals surface area (Å²) in [6.07, 6.45) is 2.22. The zero-order valence-corrected chi connectivity index (χ0v) is 21.5. The highest BCUT2D eigenvalue weighted by Gasteiger charge is 2.19. The van der Waals surface area contributed by atoms with Crippen LogP contribution in [0.15, 0.2) is 48.5 Å². The van der Waals surface area contributed by atoms with E-state index in [1.54, 1.807) is 12.1 Å². The van der Waals surface area contributed by atoms with E-state index in [0.717, 1.165) is 25.9 Å². The lowest BCUT2D eigenvalue weighted by molar-refractivity contribution is 0.301. The summed E-state index contributed by atoms with van der Waals surface area (Å²) in [5.41, 5.74) is 2.49. The Labute approximate surface area is 196 Å². The maximum Gasteiger partial charge on any atom is 0.115 e. The molecule has 0 aromatic heterocycles. The van der Waals surface area contributed by atoms with E-state index >= 15 is 0 Å². The molecule has 2 aromatic carbocycles. The van der Waals surface area contributed by atoms with Crippen molar-refractivity contribution in [2.75, 3.05) is 41.3 Å². The average molecular weight is 443 g/mol. The number of nitrogens with zero attached hydrogens (tertiary/aromatic N) is 2. The number of rotatable bonds is 10. The third kappa shape index (κ3) is 9.62. The zero-order valence-electron chi connectivity index (χ0n) is 21.5. The van der Waals surface area contributed by atoms with E-state index in [9.17, 15) is 10.2 Å². The number of hydrogen-bond donors (Lipinski definition) is 2. The first-order chi connectivity index (χ1) is 15.1. The minimum atomic E-state index is 0.369. The molecule has 0 fully saturated rings. The van der Waals surface area contributed by atoms with Crippen molar-refractivity contribution in [2.45, 2.75) is 52.4 Å². The summed E-state index contributed by atoms with van der Waals surface area (Å²) in [4.78, 5) is 4.44. The molecule has 4 heteroatoms. The van der Waals surface area contributed by atoms with Gasteiger partial charge in [0.25, 0.3) is 0 Å². The summed E-state index contributed by atoms with van der Waals surface area (Å²) in [6, 6.07) is 15.3. The minimum Gasteiger partial charge on any atom is -0.508 e. The number of phenolic OH excluding ortho intramolecular Hbond substituents is 2. The lowest BCUT2D eigenvalue weighted by Gasteiger charge is -2.26. The first-order valence-corrected chi connectivity index (χ1v) is 12.0. The predicted molar refractivity (Wildman–Crippen MR) is 138 cm³/mol. The maximum atomic E-state index is 9.51. The first kappa shape index (κ1) is 28.0. The number of hydrogen-bond acceptors (Lipinski definition) is 4. The number of benzene rings is 2. The molecule has 0 bridgehead atoms.